The van der Waals surface area contributed by atoms with Gasteiger partial charge in [-0.2, -0.15) is 22.7 Å². The Bertz CT molecular complexity index is 1050. The maximum Gasteiger partial charge on any atom is 0.453 e. The van der Waals surface area contributed by atoms with Gasteiger partial charge >= 0.3 is 12.2 Å². The third-order valence-electron chi connectivity index (χ3n) is 4.20. The number of fused-ring (bicyclic) bond motifs is 1. The number of carbonyl (C=O) groups excluding carboxylic acids is 1. The summed E-state index contributed by atoms with van der Waals surface area (Å²) in [5.74, 6) is -1.13. The molecular formula is C17H16F3N7O. The molecule has 146 valence electrons. The molecule has 0 bridgehead atoms. The van der Waals surface area contributed by atoms with Crippen molar-refractivity contribution in [2.24, 2.45) is 0 Å². The molecule has 2 aromatic heterocycles. The first kappa shape index (κ1) is 18.0. The van der Waals surface area contributed by atoms with Crippen LogP contribution in [0.5, 0.6) is 0 Å². The van der Waals surface area contributed by atoms with E-state index in [-0.39, 0.29) is 17.6 Å². The Morgan fingerprint density at radius 2 is 2.04 bits per heavy atom. The number of benzene rings is 1. The molecule has 0 aliphatic carbocycles. The van der Waals surface area contributed by atoms with Crippen molar-refractivity contribution in [2.45, 2.75) is 19.5 Å². The van der Waals surface area contributed by atoms with E-state index in [0.717, 1.165) is 10.9 Å². The van der Waals surface area contributed by atoms with Crippen molar-refractivity contribution in [2.75, 3.05) is 23.3 Å². The third-order valence-corrected chi connectivity index (χ3v) is 4.20. The van der Waals surface area contributed by atoms with Gasteiger partial charge in [0.1, 0.15) is 5.82 Å². The van der Waals surface area contributed by atoms with Gasteiger partial charge in [-0.05, 0) is 31.5 Å². The first-order valence-electron chi connectivity index (χ1n) is 8.55. The van der Waals surface area contributed by atoms with Gasteiger partial charge in [-0.15, -0.1) is 5.10 Å². The molecular weight excluding hydrogens is 375 g/mol. The van der Waals surface area contributed by atoms with E-state index in [2.05, 4.69) is 25.7 Å². The maximum absolute atomic E-state index is 13.0. The number of urea groups is 1. The highest BCUT2D eigenvalue weighted by atomic mass is 19.4. The summed E-state index contributed by atoms with van der Waals surface area (Å²) in [4.78, 5) is 21.1. The lowest BCUT2D eigenvalue weighted by Crippen LogP contribution is -2.46. The molecule has 2 N–H and O–H groups in total. The molecule has 0 atom stereocenters. The summed E-state index contributed by atoms with van der Waals surface area (Å²) >= 11 is 0. The van der Waals surface area contributed by atoms with Crippen LogP contribution in [0.15, 0.2) is 30.3 Å². The lowest BCUT2D eigenvalue weighted by atomic mass is 10.2. The minimum absolute atomic E-state index is 0.151. The Labute approximate surface area is 157 Å². The number of halogens is 3. The van der Waals surface area contributed by atoms with Crippen molar-refractivity contribution in [1.29, 1.82) is 0 Å². The molecule has 3 aromatic rings. The van der Waals surface area contributed by atoms with Crippen LogP contribution in [0.25, 0.3) is 5.78 Å². The summed E-state index contributed by atoms with van der Waals surface area (Å²) in [7, 11) is 0. The number of anilines is 3. The van der Waals surface area contributed by atoms with Crippen molar-refractivity contribution in [3.63, 3.8) is 0 Å². The lowest BCUT2D eigenvalue weighted by molar-refractivity contribution is -0.144. The van der Waals surface area contributed by atoms with E-state index in [1.54, 1.807) is 42.2 Å². The Morgan fingerprint density at radius 3 is 2.79 bits per heavy atom. The largest absolute Gasteiger partial charge is 0.453 e. The van der Waals surface area contributed by atoms with Crippen molar-refractivity contribution >= 4 is 29.0 Å². The Kier molecular flexibility index (Phi) is 4.28. The Hall–Kier alpha value is -3.37. The molecule has 2 amide bonds. The van der Waals surface area contributed by atoms with Crippen molar-refractivity contribution < 1.29 is 18.0 Å². The van der Waals surface area contributed by atoms with Gasteiger partial charge in [-0.1, -0.05) is 6.07 Å². The van der Waals surface area contributed by atoms with E-state index >= 15 is 0 Å². The number of hydrogen-bond acceptors (Lipinski definition) is 5. The predicted molar refractivity (Wildman–Crippen MR) is 95.6 cm³/mol. The minimum atomic E-state index is -4.67. The molecule has 8 nitrogen and oxygen atoms in total. The lowest BCUT2D eigenvalue weighted by Gasteiger charge is -2.27. The molecule has 1 aliphatic rings. The summed E-state index contributed by atoms with van der Waals surface area (Å²) in [6, 6.07) is 8.43. The molecule has 1 saturated heterocycles. The van der Waals surface area contributed by atoms with Crippen LogP contribution in [0.1, 0.15) is 17.9 Å². The molecule has 28 heavy (non-hydrogen) atoms. The molecule has 1 aliphatic heterocycles. The van der Waals surface area contributed by atoms with Crippen molar-refractivity contribution in [1.82, 2.24) is 24.9 Å². The average molecular weight is 391 g/mol. The molecule has 0 unspecified atom stereocenters. The summed E-state index contributed by atoms with van der Waals surface area (Å²) in [6.45, 7) is 2.88. The van der Waals surface area contributed by atoms with Crippen LogP contribution in [0, 0.1) is 6.92 Å². The van der Waals surface area contributed by atoms with Crippen LogP contribution in [-0.4, -0.2) is 38.7 Å². The minimum Gasteiger partial charge on any atom is -0.340 e. The predicted octanol–water partition coefficient (Wildman–Crippen LogP) is 3.11. The topological polar surface area (TPSA) is 87.5 Å². The monoisotopic (exact) mass is 391 g/mol. The summed E-state index contributed by atoms with van der Waals surface area (Å²) in [5, 5.41) is 9.35. The first-order valence-corrected chi connectivity index (χ1v) is 8.55. The molecule has 11 heteroatoms. The fraction of sp³-hybridized carbons (Fsp3) is 0.294. The third kappa shape index (κ3) is 3.42. The number of rotatable bonds is 3. The number of nitrogens with one attached hydrogen (secondary N) is 2. The highest BCUT2D eigenvalue weighted by Crippen LogP contribution is 2.28. The normalized spacial score (nSPS) is 15.0. The highest BCUT2D eigenvalue weighted by molar-refractivity contribution is 5.93. The molecule has 0 saturated carbocycles. The zero-order valence-corrected chi connectivity index (χ0v) is 14.8. The van der Waals surface area contributed by atoms with Gasteiger partial charge in [0.2, 0.25) is 0 Å². The van der Waals surface area contributed by atoms with E-state index in [1.165, 1.54) is 0 Å². The van der Waals surface area contributed by atoms with Crippen LogP contribution in [0.2, 0.25) is 0 Å². The zero-order chi connectivity index (χ0) is 19.9. The van der Waals surface area contributed by atoms with Crippen LogP contribution in [-0.2, 0) is 6.18 Å². The molecule has 3 heterocycles. The van der Waals surface area contributed by atoms with Gasteiger partial charge in [-0.3, -0.25) is 4.90 Å². The van der Waals surface area contributed by atoms with E-state index < -0.39 is 12.0 Å². The molecule has 1 fully saturated rings. The SMILES string of the molecule is Cc1cc(Nc2cccc(N3CCCNC3=O)c2)n2nc(C(F)(F)F)nc2n1. The zero-order valence-electron chi connectivity index (χ0n) is 14.8. The van der Waals surface area contributed by atoms with Gasteiger partial charge in [0, 0.05) is 36.2 Å². The van der Waals surface area contributed by atoms with Crippen molar-refractivity contribution in [3.05, 3.63) is 41.9 Å². The fourth-order valence-corrected chi connectivity index (χ4v) is 2.97. The maximum atomic E-state index is 13.0. The standard InChI is InChI=1S/C17H16F3N7O/c1-10-8-13(27-15(22-10)24-14(25-27)17(18,19)20)23-11-4-2-5-12(9-11)26-7-3-6-21-16(26)28/h2,4-5,8-9,23H,3,6-7H2,1H3,(H,21,28). The summed E-state index contributed by atoms with van der Waals surface area (Å²) < 4.78 is 39.9. The van der Waals surface area contributed by atoms with Crippen LogP contribution in [0.4, 0.5) is 35.2 Å². The van der Waals surface area contributed by atoms with Crippen LogP contribution < -0.4 is 15.5 Å². The number of hydrogen-bond donors (Lipinski definition) is 2. The van der Waals surface area contributed by atoms with Crippen LogP contribution in [0.3, 0.4) is 0 Å². The second kappa shape index (κ2) is 6.66. The van der Waals surface area contributed by atoms with Crippen molar-refractivity contribution in [3.8, 4) is 0 Å². The van der Waals surface area contributed by atoms with Gasteiger partial charge < -0.3 is 10.6 Å². The number of carbonyl (C=O) groups is 1. The smallest absolute Gasteiger partial charge is 0.340 e. The van der Waals surface area contributed by atoms with Gasteiger partial charge in [0.25, 0.3) is 11.6 Å². The molecule has 4 rings (SSSR count). The number of aromatic nitrogens is 4. The van der Waals surface area contributed by atoms with E-state index in [1.807, 2.05) is 0 Å². The fourth-order valence-electron chi connectivity index (χ4n) is 2.97. The first-order chi connectivity index (χ1) is 13.3. The molecule has 1 aromatic carbocycles. The van der Waals surface area contributed by atoms with Gasteiger partial charge in [0.15, 0.2) is 0 Å². The molecule has 0 spiro atoms. The van der Waals surface area contributed by atoms with E-state index in [4.69, 9.17) is 0 Å². The number of nitrogens with zero attached hydrogens (tertiary/aromatic N) is 5. The van der Waals surface area contributed by atoms with E-state index in [0.29, 0.717) is 30.2 Å². The quantitative estimate of drug-likeness (QED) is 0.716. The average Bonchev–Trinajstić information content (AvgIpc) is 3.07. The second-order valence-electron chi connectivity index (χ2n) is 6.34. The summed E-state index contributed by atoms with van der Waals surface area (Å²) in [6.07, 6.45) is -3.84. The number of aryl methyl sites for hydroxylation is 1. The second-order valence-corrected chi connectivity index (χ2v) is 6.34. The highest BCUT2D eigenvalue weighted by Gasteiger charge is 2.36. The van der Waals surface area contributed by atoms with Crippen LogP contribution >= 0.6 is 0 Å². The Morgan fingerprint density at radius 1 is 1.21 bits per heavy atom. The number of amides is 2. The summed E-state index contributed by atoms with van der Waals surface area (Å²) in [5.41, 5.74) is 1.76. The Balaban J connectivity index is 1.69. The van der Waals surface area contributed by atoms with Gasteiger partial charge in [-0.25, -0.2) is 9.78 Å². The molecule has 0 radical (unpaired) electrons. The van der Waals surface area contributed by atoms with E-state index in [9.17, 15) is 18.0 Å². The number of alkyl halides is 3. The van der Waals surface area contributed by atoms with Gasteiger partial charge in [0.05, 0.1) is 0 Å².